The third-order valence-electron chi connectivity index (χ3n) is 4.36. The largest absolute Gasteiger partial charge is 0.468 e. The van der Waals surface area contributed by atoms with Crippen LogP contribution in [0.25, 0.3) is 0 Å². The van der Waals surface area contributed by atoms with Gasteiger partial charge < -0.3 is 19.7 Å². The molecule has 124 valence electrons. The van der Waals surface area contributed by atoms with E-state index in [1.165, 1.54) is 20.0 Å². The summed E-state index contributed by atoms with van der Waals surface area (Å²) in [4.78, 5) is 14.4. The van der Waals surface area contributed by atoms with Gasteiger partial charge in [-0.2, -0.15) is 0 Å². The number of likely N-dealkylation sites (N-methyl/N-ethyl adjacent to an activating group) is 1. The summed E-state index contributed by atoms with van der Waals surface area (Å²) in [5, 5.41) is 3.26. The molecule has 0 radical (unpaired) electrons. The summed E-state index contributed by atoms with van der Waals surface area (Å²) in [5.74, 6) is 0.491. The van der Waals surface area contributed by atoms with E-state index in [9.17, 15) is 4.79 Å². The highest BCUT2D eigenvalue weighted by Crippen LogP contribution is 2.19. The van der Waals surface area contributed by atoms with Gasteiger partial charge in [0.05, 0.1) is 13.7 Å². The minimum atomic E-state index is -0.564. The highest BCUT2D eigenvalue weighted by Gasteiger charge is 2.33. The Balaban J connectivity index is 2.38. The number of nitrogens with one attached hydrogen (secondary N) is 1. The average Bonchev–Trinajstić information content (AvgIpc) is 2.47. The molecular weight excluding hydrogens is 268 g/mol. The van der Waals surface area contributed by atoms with Gasteiger partial charge in [0.25, 0.3) is 0 Å². The third-order valence-corrected chi connectivity index (χ3v) is 4.36. The second-order valence-electron chi connectivity index (χ2n) is 6.22. The lowest BCUT2D eigenvalue weighted by molar-refractivity contribution is -0.148. The molecule has 0 saturated carbocycles. The van der Waals surface area contributed by atoms with E-state index in [-0.39, 0.29) is 5.97 Å². The van der Waals surface area contributed by atoms with Gasteiger partial charge in [-0.25, -0.2) is 0 Å². The van der Waals surface area contributed by atoms with Gasteiger partial charge in [-0.05, 0) is 58.2 Å². The predicted octanol–water partition coefficient (Wildman–Crippen LogP) is 1.67. The molecule has 0 aliphatic carbocycles. The molecule has 5 heteroatoms. The molecule has 0 aromatic rings. The first-order valence-corrected chi connectivity index (χ1v) is 8.10. The van der Waals surface area contributed by atoms with Gasteiger partial charge in [-0.3, -0.25) is 4.79 Å². The first-order valence-electron chi connectivity index (χ1n) is 8.10. The number of methoxy groups -OCH3 is 2. The minimum Gasteiger partial charge on any atom is -0.468 e. The number of hydrogen-bond donors (Lipinski definition) is 1. The van der Waals surface area contributed by atoms with E-state index >= 15 is 0 Å². The molecule has 1 heterocycles. The number of piperidine rings is 1. The standard InChI is InChI=1S/C16H32N2O3/c1-5-17-16(2,15(19)21-4)9-7-11-18-10-6-8-14(12-18)13-20-3/h14,17H,5-13H2,1-4H3. The van der Waals surface area contributed by atoms with Crippen LogP contribution in [0.15, 0.2) is 0 Å². The molecule has 0 amide bonds. The molecular formula is C16H32N2O3. The van der Waals surface area contributed by atoms with Crippen molar-refractivity contribution in [2.24, 2.45) is 5.92 Å². The molecule has 1 fully saturated rings. The number of ether oxygens (including phenoxy) is 2. The Morgan fingerprint density at radius 1 is 1.43 bits per heavy atom. The first-order chi connectivity index (χ1) is 10.1. The minimum absolute atomic E-state index is 0.166. The lowest BCUT2D eigenvalue weighted by atomic mass is 9.94. The maximum absolute atomic E-state index is 11.9. The van der Waals surface area contributed by atoms with E-state index in [0.29, 0.717) is 5.92 Å². The van der Waals surface area contributed by atoms with Gasteiger partial charge in [0.1, 0.15) is 5.54 Å². The molecule has 2 atom stereocenters. The van der Waals surface area contributed by atoms with Crippen LogP contribution in [0.5, 0.6) is 0 Å². The summed E-state index contributed by atoms with van der Waals surface area (Å²) in [6, 6.07) is 0. The quantitative estimate of drug-likeness (QED) is 0.656. The molecule has 1 rings (SSSR count). The van der Waals surface area contributed by atoms with E-state index < -0.39 is 5.54 Å². The molecule has 2 unspecified atom stereocenters. The van der Waals surface area contributed by atoms with Crippen molar-refractivity contribution in [2.75, 3.05) is 47.0 Å². The van der Waals surface area contributed by atoms with Gasteiger partial charge in [0, 0.05) is 13.7 Å². The smallest absolute Gasteiger partial charge is 0.325 e. The van der Waals surface area contributed by atoms with Crippen LogP contribution in [0.3, 0.4) is 0 Å². The van der Waals surface area contributed by atoms with Crippen LogP contribution in [0.2, 0.25) is 0 Å². The van der Waals surface area contributed by atoms with Crippen LogP contribution in [0.4, 0.5) is 0 Å². The van der Waals surface area contributed by atoms with Gasteiger partial charge in [-0.1, -0.05) is 6.92 Å². The Morgan fingerprint density at radius 2 is 2.19 bits per heavy atom. The molecule has 0 aromatic heterocycles. The fourth-order valence-electron chi connectivity index (χ4n) is 3.26. The lowest BCUT2D eigenvalue weighted by Crippen LogP contribution is -2.50. The van der Waals surface area contributed by atoms with E-state index in [0.717, 1.165) is 45.6 Å². The number of esters is 1. The molecule has 0 bridgehead atoms. The monoisotopic (exact) mass is 300 g/mol. The lowest BCUT2D eigenvalue weighted by Gasteiger charge is -2.33. The zero-order chi connectivity index (χ0) is 15.7. The Hall–Kier alpha value is -0.650. The zero-order valence-electron chi connectivity index (χ0n) is 14.1. The summed E-state index contributed by atoms with van der Waals surface area (Å²) in [5.41, 5.74) is -0.564. The second-order valence-corrected chi connectivity index (χ2v) is 6.22. The van der Waals surface area contributed by atoms with Crippen molar-refractivity contribution < 1.29 is 14.3 Å². The van der Waals surface area contributed by atoms with Crippen LogP contribution in [0.1, 0.15) is 39.5 Å². The fraction of sp³-hybridized carbons (Fsp3) is 0.938. The summed E-state index contributed by atoms with van der Waals surface area (Å²) in [6.45, 7) is 8.89. The Labute approximate surface area is 129 Å². The van der Waals surface area contributed by atoms with Crippen molar-refractivity contribution in [1.29, 1.82) is 0 Å². The summed E-state index contributed by atoms with van der Waals surface area (Å²) in [6.07, 6.45) is 4.31. The first kappa shape index (κ1) is 18.4. The van der Waals surface area contributed by atoms with Gasteiger partial charge in [-0.15, -0.1) is 0 Å². The SMILES string of the molecule is CCNC(C)(CCCN1CCCC(COC)C1)C(=O)OC. The van der Waals surface area contributed by atoms with Crippen LogP contribution in [-0.2, 0) is 14.3 Å². The Morgan fingerprint density at radius 3 is 2.81 bits per heavy atom. The van der Waals surface area contributed by atoms with E-state index in [1.807, 2.05) is 13.8 Å². The van der Waals surface area contributed by atoms with Gasteiger partial charge in [0.2, 0.25) is 0 Å². The number of rotatable bonds is 9. The fourth-order valence-corrected chi connectivity index (χ4v) is 3.26. The summed E-state index contributed by atoms with van der Waals surface area (Å²) in [7, 11) is 3.23. The van der Waals surface area contributed by atoms with Crippen molar-refractivity contribution in [3.63, 3.8) is 0 Å². The molecule has 1 aliphatic rings. The van der Waals surface area contributed by atoms with E-state index in [4.69, 9.17) is 9.47 Å². The average molecular weight is 300 g/mol. The van der Waals surface area contributed by atoms with E-state index in [2.05, 4.69) is 10.2 Å². The second kappa shape index (κ2) is 9.38. The maximum Gasteiger partial charge on any atom is 0.325 e. The maximum atomic E-state index is 11.9. The number of carbonyl (C=O) groups is 1. The molecule has 1 aliphatic heterocycles. The molecule has 21 heavy (non-hydrogen) atoms. The zero-order valence-corrected chi connectivity index (χ0v) is 14.1. The topological polar surface area (TPSA) is 50.8 Å². The van der Waals surface area contributed by atoms with Crippen LogP contribution in [0, 0.1) is 5.92 Å². The number of nitrogens with zero attached hydrogens (tertiary/aromatic N) is 1. The molecule has 0 aromatic carbocycles. The Kier molecular flexibility index (Phi) is 8.22. The summed E-state index contributed by atoms with van der Waals surface area (Å²) < 4.78 is 10.2. The predicted molar refractivity (Wildman–Crippen MR) is 84.4 cm³/mol. The van der Waals surface area contributed by atoms with Crippen molar-refractivity contribution in [3.05, 3.63) is 0 Å². The molecule has 1 N–H and O–H groups in total. The Bertz CT molecular complexity index is 310. The third kappa shape index (κ3) is 5.93. The molecule has 1 saturated heterocycles. The van der Waals surface area contributed by atoms with E-state index in [1.54, 1.807) is 7.11 Å². The highest BCUT2D eigenvalue weighted by molar-refractivity contribution is 5.80. The van der Waals surface area contributed by atoms with Crippen LogP contribution >= 0.6 is 0 Å². The van der Waals surface area contributed by atoms with Crippen LogP contribution < -0.4 is 5.32 Å². The van der Waals surface area contributed by atoms with Gasteiger partial charge >= 0.3 is 5.97 Å². The molecule has 0 spiro atoms. The van der Waals surface area contributed by atoms with Crippen molar-refractivity contribution >= 4 is 5.97 Å². The number of carbonyl (C=O) groups excluding carboxylic acids is 1. The van der Waals surface area contributed by atoms with Crippen molar-refractivity contribution in [2.45, 2.75) is 45.1 Å². The normalized spacial score (nSPS) is 22.8. The van der Waals surface area contributed by atoms with Crippen molar-refractivity contribution in [1.82, 2.24) is 10.2 Å². The number of likely N-dealkylation sites (tertiary alicyclic amines) is 1. The highest BCUT2D eigenvalue weighted by atomic mass is 16.5. The van der Waals surface area contributed by atoms with Crippen molar-refractivity contribution in [3.8, 4) is 0 Å². The molecule has 5 nitrogen and oxygen atoms in total. The summed E-state index contributed by atoms with van der Waals surface area (Å²) >= 11 is 0. The van der Waals surface area contributed by atoms with Gasteiger partial charge in [0.15, 0.2) is 0 Å². The van der Waals surface area contributed by atoms with Crippen LogP contribution in [-0.4, -0.2) is 63.4 Å². The number of hydrogen-bond acceptors (Lipinski definition) is 5.